The first kappa shape index (κ1) is 17.0. The summed E-state index contributed by atoms with van der Waals surface area (Å²) in [6.45, 7) is 0.593. The molecule has 0 aliphatic heterocycles. The first-order valence-corrected chi connectivity index (χ1v) is 8.22. The van der Waals surface area contributed by atoms with Gasteiger partial charge in [0.1, 0.15) is 5.44 Å². The van der Waals surface area contributed by atoms with E-state index < -0.39 is 0 Å². The highest BCUT2D eigenvalue weighted by Gasteiger charge is 2.23. The van der Waals surface area contributed by atoms with E-state index in [0.717, 1.165) is 10.5 Å². The normalized spacial score (nSPS) is 13.7. The molecule has 0 radical (unpaired) electrons. The summed E-state index contributed by atoms with van der Waals surface area (Å²) in [5, 5.41) is 9.30. The van der Waals surface area contributed by atoms with Gasteiger partial charge in [-0.15, -0.1) is 0 Å². The largest absolute Gasteiger partial charge is 0.396 e. The van der Waals surface area contributed by atoms with Gasteiger partial charge in [-0.3, -0.25) is 0 Å². The minimum atomic E-state index is -0.166. The smallest absolute Gasteiger partial charge is 0.133 e. The molecule has 0 unspecified atom stereocenters. The zero-order valence-electron chi connectivity index (χ0n) is 12.7. The van der Waals surface area contributed by atoms with Gasteiger partial charge < -0.3 is 14.6 Å². The second-order valence-electron chi connectivity index (χ2n) is 4.88. The van der Waals surface area contributed by atoms with Gasteiger partial charge in [-0.25, -0.2) is 0 Å². The van der Waals surface area contributed by atoms with E-state index in [0.29, 0.717) is 13.0 Å². The summed E-state index contributed by atoms with van der Waals surface area (Å²) in [6.07, 6.45) is 0.381. The van der Waals surface area contributed by atoms with Gasteiger partial charge >= 0.3 is 0 Å². The second kappa shape index (κ2) is 9.64. The van der Waals surface area contributed by atoms with Crippen LogP contribution in [0.25, 0.3) is 0 Å². The van der Waals surface area contributed by atoms with Crippen molar-refractivity contribution in [2.24, 2.45) is 0 Å². The Labute approximate surface area is 136 Å². The molecule has 0 heterocycles. The van der Waals surface area contributed by atoms with Crippen LogP contribution in [-0.2, 0) is 16.1 Å². The van der Waals surface area contributed by atoms with Gasteiger partial charge in [-0.05, 0) is 17.7 Å². The summed E-state index contributed by atoms with van der Waals surface area (Å²) in [7, 11) is 1.68. The number of ether oxygens (including phenoxy) is 2. The summed E-state index contributed by atoms with van der Waals surface area (Å²) < 4.78 is 11.6. The Morgan fingerprint density at radius 2 is 1.64 bits per heavy atom. The van der Waals surface area contributed by atoms with Crippen LogP contribution in [0.3, 0.4) is 0 Å². The molecule has 0 saturated heterocycles. The number of methoxy groups -OCH3 is 1. The Morgan fingerprint density at radius 1 is 1.00 bits per heavy atom. The van der Waals surface area contributed by atoms with Gasteiger partial charge in [0.2, 0.25) is 0 Å². The number of thioether (sulfide) groups is 1. The first-order valence-electron chi connectivity index (χ1n) is 7.34. The molecule has 1 N–H and O–H groups in total. The third-order valence-electron chi connectivity index (χ3n) is 3.25. The van der Waals surface area contributed by atoms with E-state index in [1.807, 2.05) is 60.7 Å². The van der Waals surface area contributed by atoms with Crippen molar-refractivity contribution in [2.75, 3.05) is 13.7 Å². The molecule has 4 heteroatoms. The van der Waals surface area contributed by atoms with Gasteiger partial charge in [-0.2, -0.15) is 0 Å². The third kappa shape index (κ3) is 5.46. The van der Waals surface area contributed by atoms with Crippen LogP contribution in [-0.4, -0.2) is 30.4 Å². The van der Waals surface area contributed by atoms with Crippen LogP contribution < -0.4 is 0 Å². The fourth-order valence-corrected chi connectivity index (χ4v) is 3.16. The Hall–Kier alpha value is -1.33. The molecule has 2 aromatic rings. The lowest BCUT2D eigenvalue weighted by Gasteiger charge is -2.25. The molecular formula is C18H22O3S. The number of rotatable bonds is 9. The molecule has 2 aromatic carbocycles. The first-order chi connectivity index (χ1) is 10.8. The summed E-state index contributed by atoms with van der Waals surface area (Å²) >= 11 is 1.61. The molecule has 0 aliphatic rings. The third-order valence-corrected chi connectivity index (χ3v) is 4.52. The lowest BCUT2D eigenvalue weighted by molar-refractivity contribution is -0.0370. The summed E-state index contributed by atoms with van der Waals surface area (Å²) in [6, 6.07) is 20.1. The minimum Gasteiger partial charge on any atom is -0.396 e. The van der Waals surface area contributed by atoms with Crippen LogP contribution in [0.1, 0.15) is 12.0 Å². The molecule has 0 fully saturated rings. The molecule has 22 heavy (non-hydrogen) atoms. The van der Waals surface area contributed by atoms with Crippen LogP contribution in [0.15, 0.2) is 65.6 Å². The highest BCUT2D eigenvalue weighted by atomic mass is 32.2. The number of benzene rings is 2. The average molecular weight is 318 g/mol. The van der Waals surface area contributed by atoms with Gasteiger partial charge in [0, 0.05) is 25.0 Å². The zero-order valence-corrected chi connectivity index (χ0v) is 13.5. The molecule has 0 aliphatic carbocycles. The average Bonchev–Trinajstić information content (AvgIpc) is 2.58. The van der Waals surface area contributed by atoms with E-state index in [4.69, 9.17) is 9.47 Å². The van der Waals surface area contributed by atoms with Gasteiger partial charge in [-0.1, -0.05) is 60.3 Å². The predicted octanol–water partition coefficient (Wildman–Crippen LogP) is 3.72. The van der Waals surface area contributed by atoms with Crippen LogP contribution in [0, 0.1) is 0 Å². The lowest BCUT2D eigenvalue weighted by Crippen LogP contribution is -2.29. The molecular weight excluding hydrogens is 296 g/mol. The van der Waals surface area contributed by atoms with Gasteiger partial charge in [0.25, 0.3) is 0 Å². The Balaban J connectivity index is 1.97. The number of hydrogen-bond acceptors (Lipinski definition) is 4. The standard InChI is InChI=1S/C18H22O3S/c1-20-18(22-16-10-6-3-7-11-16)17(12-13-19)21-14-15-8-4-2-5-9-15/h2-11,17-19H,12-14H2,1H3/t17-,18+/m0/s1. The van der Waals surface area contributed by atoms with Crippen LogP contribution in [0.2, 0.25) is 0 Å². The van der Waals surface area contributed by atoms with E-state index in [2.05, 4.69) is 0 Å². The number of hydrogen-bond donors (Lipinski definition) is 1. The van der Waals surface area contributed by atoms with Crippen molar-refractivity contribution in [3.63, 3.8) is 0 Å². The Morgan fingerprint density at radius 3 is 2.23 bits per heavy atom. The highest BCUT2D eigenvalue weighted by molar-refractivity contribution is 7.99. The second-order valence-corrected chi connectivity index (χ2v) is 6.05. The van der Waals surface area contributed by atoms with Crippen molar-refractivity contribution in [1.29, 1.82) is 0 Å². The molecule has 0 aromatic heterocycles. The minimum absolute atomic E-state index is 0.0780. The van der Waals surface area contributed by atoms with Crippen LogP contribution in [0.4, 0.5) is 0 Å². The maximum atomic E-state index is 9.30. The maximum Gasteiger partial charge on any atom is 0.133 e. The molecule has 118 valence electrons. The van der Waals surface area contributed by atoms with E-state index in [-0.39, 0.29) is 18.1 Å². The zero-order chi connectivity index (χ0) is 15.6. The molecule has 3 nitrogen and oxygen atoms in total. The summed E-state index contributed by atoms with van der Waals surface area (Å²) in [4.78, 5) is 1.13. The maximum absolute atomic E-state index is 9.30. The molecule has 0 bridgehead atoms. The van der Waals surface area contributed by atoms with Crippen molar-refractivity contribution >= 4 is 11.8 Å². The highest BCUT2D eigenvalue weighted by Crippen LogP contribution is 2.28. The quantitative estimate of drug-likeness (QED) is 0.565. The van der Waals surface area contributed by atoms with E-state index >= 15 is 0 Å². The van der Waals surface area contributed by atoms with Crippen LogP contribution in [0.5, 0.6) is 0 Å². The Kier molecular flexibility index (Phi) is 7.46. The molecule has 0 amide bonds. The molecule has 2 rings (SSSR count). The topological polar surface area (TPSA) is 38.7 Å². The van der Waals surface area contributed by atoms with Crippen molar-refractivity contribution in [1.82, 2.24) is 0 Å². The van der Waals surface area contributed by atoms with Crippen molar-refractivity contribution in [3.05, 3.63) is 66.2 Å². The van der Waals surface area contributed by atoms with Gasteiger partial charge in [0.05, 0.1) is 12.7 Å². The summed E-state index contributed by atoms with van der Waals surface area (Å²) in [5.74, 6) is 0. The van der Waals surface area contributed by atoms with E-state index in [1.165, 1.54) is 0 Å². The Bertz CT molecular complexity index is 518. The van der Waals surface area contributed by atoms with Gasteiger partial charge in [0.15, 0.2) is 0 Å². The van der Waals surface area contributed by atoms with E-state index in [1.54, 1.807) is 18.9 Å². The van der Waals surface area contributed by atoms with Crippen molar-refractivity contribution in [3.8, 4) is 0 Å². The number of aliphatic hydroxyl groups is 1. The van der Waals surface area contributed by atoms with Crippen molar-refractivity contribution in [2.45, 2.75) is 29.5 Å². The molecule has 0 saturated carbocycles. The summed E-state index contributed by atoms with van der Waals surface area (Å²) in [5.41, 5.74) is 0.961. The SMILES string of the molecule is CO[C@H](Sc1ccccc1)[C@H](CCO)OCc1ccccc1. The lowest BCUT2D eigenvalue weighted by atomic mass is 10.2. The van der Waals surface area contributed by atoms with E-state index in [9.17, 15) is 5.11 Å². The fraction of sp³-hybridized carbons (Fsp3) is 0.333. The molecule has 0 spiro atoms. The number of aliphatic hydroxyl groups excluding tert-OH is 1. The predicted molar refractivity (Wildman–Crippen MR) is 89.8 cm³/mol. The van der Waals surface area contributed by atoms with Crippen LogP contribution >= 0.6 is 11.8 Å². The molecule has 2 atom stereocenters. The fourth-order valence-electron chi connectivity index (χ4n) is 2.11. The monoisotopic (exact) mass is 318 g/mol. The van der Waals surface area contributed by atoms with Crippen molar-refractivity contribution < 1.29 is 14.6 Å².